The van der Waals surface area contributed by atoms with Crippen LogP contribution in [0.25, 0.3) is 0 Å². The molecule has 1 aromatic rings. The zero-order valence-electron chi connectivity index (χ0n) is 8.40. The van der Waals surface area contributed by atoms with Crippen LogP contribution in [0.5, 0.6) is 0 Å². The summed E-state index contributed by atoms with van der Waals surface area (Å²) in [4.78, 5) is 0. The number of hydrogen-bond acceptors (Lipinski definition) is 1. The summed E-state index contributed by atoms with van der Waals surface area (Å²) in [5.74, 6) is -0.344. The van der Waals surface area contributed by atoms with Gasteiger partial charge in [0.1, 0.15) is 5.82 Å². The highest BCUT2D eigenvalue weighted by molar-refractivity contribution is 6.30. The van der Waals surface area contributed by atoms with Crippen LogP contribution in [0.15, 0.2) is 6.07 Å². The van der Waals surface area contributed by atoms with Gasteiger partial charge in [0.15, 0.2) is 0 Å². The predicted octanol–water partition coefficient (Wildman–Crippen LogP) is 3.02. The van der Waals surface area contributed by atoms with E-state index in [0.29, 0.717) is 18.4 Å². The standard InChI is InChI=1S/C11H14ClFO/c1-7-6-10(12)11(13)9(8(7)2)4-3-5-14/h6,14H,3-5H2,1-2H3. The van der Waals surface area contributed by atoms with Crippen molar-refractivity contribution in [1.29, 1.82) is 0 Å². The summed E-state index contributed by atoms with van der Waals surface area (Å²) in [7, 11) is 0. The topological polar surface area (TPSA) is 20.2 Å². The van der Waals surface area contributed by atoms with Gasteiger partial charge in [-0.2, -0.15) is 0 Å². The molecule has 0 amide bonds. The van der Waals surface area contributed by atoms with Crippen LogP contribution in [0.4, 0.5) is 4.39 Å². The predicted molar refractivity (Wildman–Crippen MR) is 56.3 cm³/mol. The molecule has 0 saturated heterocycles. The Morgan fingerprint density at radius 2 is 2.07 bits per heavy atom. The van der Waals surface area contributed by atoms with Crippen molar-refractivity contribution in [3.8, 4) is 0 Å². The minimum atomic E-state index is -0.344. The smallest absolute Gasteiger partial charge is 0.145 e. The molecule has 3 heteroatoms. The Bertz CT molecular complexity index is 310. The summed E-state index contributed by atoms with van der Waals surface area (Å²) < 4.78 is 13.6. The molecule has 1 N–H and O–H groups in total. The Morgan fingerprint density at radius 3 is 2.64 bits per heavy atom. The fourth-order valence-corrected chi connectivity index (χ4v) is 1.74. The first kappa shape index (κ1) is 11.5. The lowest BCUT2D eigenvalue weighted by atomic mass is 9.99. The number of benzene rings is 1. The van der Waals surface area contributed by atoms with Crippen molar-refractivity contribution in [1.82, 2.24) is 0 Å². The van der Waals surface area contributed by atoms with Crippen molar-refractivity contribution in [2.24, 2.45) is 0 Å². The third kappa shape index (κ3) is 2.25. The molecule has 1 rings (SSSR count). The quantitative estimate of drug-likeness (QED) is 0.824. The molecular formula is C11H14ClFO. The number of aliphatic hydroxyl groups excluding tert-OH is 1. The molecule has 14 heavy (non-hydrogen) atoms. The Balaban J connectivity index is 3.11. The van der Waals surface area contributed by atoms with Crippen LogP contribution >= 0.6 is 11.6 Å². The summed E-state index contributed by atoms with van der Waals surface area (Å²) >= 11 is 5.73. The van der Waals surface area contributed by atoms with Gasteiger partial charge in [0.2, 0.25) is 0 Å². The van der Waals surface area contributed by atoms with E-state index in [2.05, 4.69) is 0 Å². The molecule has 0 bridgehead atoms. The van der Waals surface area contributed by atoms with E-state index < -0.39 is 0 Å². The van der Waals surface area contributed by atoms with Crippen molar-refractivity contribution in [3.63, 3.8) is 0 Å². The minimum Gasteiger partial charge on any atom is -0.396 e. The van der Waals surface area contributed by atoms with Crippen LogP contribution in [-0.2, 0) is 6.42 Å². The molecule has 0 saturated carbocycles. The van der Waals surface area contributed by atoms with Crippen LogP contribution < -0.4 is 0 Å². The van der Waals surface area contributed by atoms with E-state index in [0.717, 1.165) is 11.1 Å². The average molecular weight is 217 g/mol. The summed E-state index contributed by atoms with van der Waals surface area (Å²) in [6, 6.07) is 1.63. The van der Waals surface area contributed by atoms with E-state index in [-0.39, 0.29) is 17.4 Å². The Labute approximate surface area is 88.5 Å². The maximum atomic E-state index is 13.6. The van der Waals surface area contributed by atoms with E-state index in [4.69, 9.17) is 16.7 Å². The Morgan fingerprint density at radius 1 is 1.43 bits per heavy atom. The molecule has 0 radical (unpaired) electrons. The van der Waals surface area contributed by atoms with Crippen LogP contribution in [0.2, 0.25) is 5.02 Å². The third-order valence-corrected chi connectivity index (χ3v) is 2.72. The summed E-state index contributed by atoms with van der Waals surface area (Å²) in [5.41, 5.74) is 2.55. The second kappa shape index (κ2) is 4.76. The minimum absolute atomic E-state index is 0.0739. The first-order valence-corrected chi connectivity index (χ1v) is 5.00. The maximum absolute atomic E-state index is 13.6. The van der Waals surface area contributed by atoms with Crippen molar-refractivity contribution < 1.29 is 9.50 Å². The molecule has 1 nitrogen and oxygen atoms in total. The van der Waals surface area contributed by atoms with Crippen molar-refractivity contribution in [2.75, 3.05) is 6.61 Å². The number of rotatable bonds is 3. The number of aliphatic hydroxyl groups is 1. The summed E-state index contributed by atoms with van der Waals surface area (Å²) in [6.07, 6.45) is 1.10. The van der Waals surface area contributed by atoms with Gasteiger partial charge in [-0.1, -0.05) is 11.6 Å². The normalized spacial score (nSPS) is 10.6. The highest BCUT2D eigenvalue weighted by Crippen LogP contribution is 2.25. The van der Waals surface area contributed by atoms with Crippen LogP contribution in [0, 0.1) is 19.7 Å². The molecule has 0 spiro atoms. The van der Waals surface area contributed by atoms with Gasteiger partial charge in [0.25, 0.3) is 0 Å². The first-order valence-electron chi connectivity index (χ1n) is 4.63. The average Bonchev–Trinajstić information content (AvgIpc) is 2.15. The molecule has 0 aliphatic rings. The van der Waals surface area contributed by atoms with Crippen molar-refractivity contribution in [3.05, 3.63) is 33.6 Å². The van der Waals surface area contributed by atoms with Gasteiger partial charge in [-0.25, -0.2) is 4.39 Å². The van der Waals surface area contributed by atoms with Gasteiger partial charge >= 0.3 is 0 Å². The van der Waals surface area contributed by atoms with E-state index in [1.54, 1.807) is 6.07 Å². The molecule has 78 valence electrons. The van der Waals surface area contributed by atoms with Gasteiger partial charge in [0, 0.05) is 6.61 Å². The monoisotopic (exact) mass is 216 g/mol. The van der Waals surface area contributed by atoms with Crippen LogP contribution in [0.3, 0.4) is 0 Å². The van der Waals surface area contributed by atoms with Crippen molar-refractivity contribution in [2.45, 2.75) is 26.7 Å². The number of halogens is 2. The maximum Gasteiger partial charge on any atom is 0.145 e. The molecular weight excluding hydrogens is 203 g/mol. The zero-order chi connectivity index (χ0) is 10.7. The van der Waals surface area contributed by atoms with Gasteiger partial charge in [-0.3, -0.25) is 0 Å². The second-order valence-electron chi connectivity index (χ2n) is 3.42. The van der Waals surface area contributed by atoms with Gasteiger partial charge < -0.3 is 5.11 Å². The molecule has 0 aliphatic heterocycles. The molecule has 0 aliphatic carbocycles. The number of aryl methyl sites for hydroxylation is 1. The molecule has 0 unspecified atom stereocenters. The Hall–Kier alpha value is -0.600. The van der Waals surface area contributed by atoms with E-state index >= 15 is 0 Å². The lowest BCUT2D eigenvalue weighted by Crippen LogP contribution is -2.00. The highest BCUT2D eigenvalue weighted by Gasteiger charge is 2.11. The van der Waals surface area contributed by atoms with E-state index in [1.807, 2.05) is 13.8 Å². The fourth-order valence-electron chi connectivity index (χ4n) is 1.46. The lowest BCUT2D eigenvalue weighted by Gasteiger charge is -2.10. The molecule has 0 fully saturated rings. The second-order valence-corrected chi connectivity index (χ2v) is 3.83. The third-order valence-electron chi connectivity index (χ3n) is 2.45. The highest BCUT2D eigenvalue weighted by atomic mass is 35.5. The zero-order valence-corrected chi connectivity index (χ0v) is 9.16. The fraction of sp³-hybridized carbons (Fsp3) is 0.455. The van der Waals surface area contributed by atoms with Crippen LogP contribution in [-0.4, -0.2) is 11.7 Å². The summed E-state index contributed by atoms with van der Waals surface area (Å²) in [5, 5.41) is 8.86. The Kier molecular flexibility index (Phi) is 3.90. The van der Waals surface area contributed by atoms with Gasteiger partial charge in [0.05, 0.1) is 5.02 Å². The SMILES string of the molecule is Cc1cc(Cl)c(F)c(CCCO)c1C. The largest absolute Gasteiger partial charge is 0.396 e. The van der Waals surface area contributed by atoms with Gasteiger partial charge in [-0.15, -0.1) is 0 Å². The molecule has 0 atom stereocenters. The lowest BCUT2D eigenvalue weighted by molar-refractivity contribution is 0.288. The van der Waals surface area contributed by atoms with Crippen LogP contribution in [0.1, 0.15) is 23.1 Å². The molecule has 0 heterocycles. The van der Waals surface area contributed by atoms with E-state index in [1.165, 1.54) is 0 Å². The number of hydrogen-bond donors (Lipinski definition) is 1. The van der Waals surface area contributed by atoms with E-state index in [9.17, 15) is 4.39 Å². The first-order chi connectivity index (χ1) is 6.57. The van der Waals surface area contributed by atoms with Crippen molar-refractivity contribution >= 4 is 11.6 Å². The molecule has 1 aromatic carbocycles. The molecule has 0 aromatic heterocycles. The summed E-state index contributed by atoms with van der Waals surface area (Å²) in [6.45, 7) is 3.86. The van der Waals surface area contributed by atoms with Gasteiger partial charge in [-0.05, 0) is 49.4 Å².